The van der Waals surface area contributed by atoms with Gasteiger partial charge in [0.1, 0.15) is 0 Å². The molecule has 2 aromatic heterocycles. The molecule has 5 heteroatoms. The van der Waals surface area contributed by atoms with Gasteiger partial charge in [0.05, 0.1) is 18.4 Å². The number of carbonyl (C=O) groups is 1. The minimum atomic E-state index is 0.0316. The Hall–Kier alpha value is -1.75. The first-order valence-electron chi connectivity index (χ1n) is 4.29. The molecule has 0 spiro atoms. The largest absolute Gasteiger partial charge is 0.343 e. The van der Waals surface area contributed by atoms with Gasteiger partial charge < -0.3 is 10.3 Å². The lowest BCUT2D eigenvalue weighted by Gasteiger charge is -2.00. The van der Waals surface area contributed by atoms with E-state index in [0.717, 1.165) is 0 Å². The van der Waals surface area contributed by atoms with Gasteiger partial charge in [0, 0.05) is 11.8 Å². The number of carbonyl (C=O) groups excluding carboxylic acids is 1. The predicted molar refractivity (Wildman–Crippen MR) is 52.1 cm³/mol. The molecule has 0 aromatic carbocycles. The fraction of sp³-hybridized carbons (Fsp3) is 0.222. The topological polar surface area (TPSA) is 70.7 Å². The number of imidazole rings is 1. The van der Waals surface area contributed by atoms with Crippen LogP contribution in [0.3, 0.4) is 0 Å². The normalized spacial score (nSPS) is 10.6. The number of hydrogen-bond acceptors (Lipinski definition) is 4. The van der Waals surface area contributed by atoms with Crippen molar-refractivity contribution >= 4 is 16.9 Å². The maximum atomic E-state index is 11.6. The van der Waals surface area contributed by atoms with Gasteiger partial charge in [-0.05, 0) is 13.1 Å². The smallest absolute Gasteiger partial charge is 0.178 e. The van der Waals surface area contributed by atoms with E-state index in [2.05, 4.69) is 20.3 Å². The van der Waals surface area contributed by atoms with E-state index in [9.17, 15) is 4.79 Å². The molecular weight excluding hydrogens is 180 g/mol. The summed E-state index contributed by atoms with van der Waals surface area (Å²) in [6, 6.07) is 1.69. The van der Waals surface area contributed by atoms with Crippen molar-refractivity contribution < 1.29 is 4.79 Å². The Labute approximate surface area is 80.6 Å². The minimum Gasteiger partial charge on any atom is -0.343 e. The Balaban J connectivity index is 2.50. The fourth-order valence-corrected chi connectivity index (χ4v) is 1.34. The summed E-state index contributed by atoms with van der Waals surface area (Å²) < 4.78 is 0. The highest BCUT2D eigenvalue weighted by atomic mass is 16.1. The monoisotopic (exact) mass is 190 g/mol. The van der Waals surface area contributed by atoms with Crippen LogP contribution in [0.15, 0.2) is 18.6 Å². The first-order valence-corrected chi connectivity index (χ1v) is 4.29. The van der Waals surface area contributed by atoms with E-state index in [4.69, 9.17) is 0 Å². The third-order valence-electron chi connectivity index (χ3n) is 1.96. The minimum absolute atomic E-state index is 0.0316. The highest BCUT2D eigenvalue weighted by Crippen LogP contribution is 2.11. The van der Waals surface area contributed by atoms with Crippen molar-refractivity contribution in [2.75, 3.05) is 13.6 Å². The average molecular weight is 190 g/mol. The molecule has 0 atom stereocenters. The van der Waals surface area contributed by atoms with Crippen molar-refractivity contribution in [2.45, 2.75) is 0 Å². The van der Waals surface area contributed by atoms with E-state index in [0.29, 0.717) is 23.3 Å². The Kier molecular flexibility index (Phi) is 2.24. The van der Waals surface area contributed by atoms with Crippen LogP contribution in [0.5, 0.6) is 0 Å². The van der Waals surface area contributed by atoms with Crippen molar-refractivity contribution in [2.24, 2.45) is 0 Å². The van der Waals surface area contributed by atoms with Crippen molar-refractivity contribution in [1.29, 1.82) is 0 Å². The number of aromatic amines is 1. The van der Waals surface area contributed by atoms with E-state index in [1.807, 2.05) is 0 Å². The van der Waals surface area contributed by atoms with Crippen molar-refractivity contribution in [1.82, 2.24) is 20.3 Å². The molecule has 0 amide bonds. The third-order valence-corrected chi connectivity index (χ3v) is 1.96. The Morgan fingerprint density at radius 3 is 3.21 bits per heavy atom. The van der Waals surface area contributed by atoms with Crippen molar-refractivity contribution in [3.8, 4) is 0 Å². The Morgan fingerprint density at radius 2 is 2.43 bits per heavy atom. The Morgan fingerprint density at radius 1 is 1.57 bits per heavy atom. The SMILES string of the molecule is CNCC(=O)c1ccnc2nc[nH]c12. The second-order valence-corrected chi connectivity index (χ2v) is 2.91. The summed E-state index contributed by atoms with van der Waals surface area (Å²) in [6.45, 7) is 0.318. The number of ketones is 1. The van der Waals surface area contributed by atoms with Crippen LogP contribution in [0.2, 0.25) is 0 Å². The molecule has 0 saturated carbocycles. The van der Waals surface area contributed by atoms with Gasteiger partial charge >= 0.3 is 0 Å². The molecule has 0 aliphatic rings. The zero-order valence-corrected chi connectivity index (χ0v) is 7.74. The predicted octanol–water partition coefficient (Wildman–Crippen LogP) is 0.360. The summed E-state index contributed by atoms with van der Waals surface area (Å²) >= 11 is 0. The molecule has 2 heterocycles. The van der Waals surface area contributed by atoms with Crippen LogP contribution >= 0.6 is 0 Å². The summed E-state index contributed by atoms with van der Waals surface area (Å²) in [4.78, 5) is 22.5. The standard InChI is InChI=1S/C9H10N4O/c1-10-4-7(14)6-2-3-11-9-8(6)12-5-13-9/h2-3,5,10H,4H2,1H3,(H,11,12,13). The molecule has 2 rings (SSSR count). The number of likely N-dealkylation sites (N-methyl/N-ethyl adjacent to an activating group) is 1. The highest BCUT2D eigenvalue weighted by Gasteiger charge is 2.10. The number of pyridine rings is 1. The highest BCUT2D eigenvalue weighted by molar-refractivity contribution is 6.06. The summed E-state index contributed by atoms with van der Waals surface area (Å²) in [5.74, 6) is 0.0316. The summed E-state index contributed by atoms with van der Waals surface area (Å²) in [5, 5.41) is 2.82. The van der Waals surface area contributed by atoms with Crippen LogP contribution in [-0.4, -0.2) is 34.3 Å². The zero-order chi connectivity index (χ0) is 9.97. The number of aromatic nitrogens is 3. The molecule has 0 aliphatic heterocycles. The van der Waals surface area contributed by atoms with E-state index < -0.39 is 0 Å². The summed E-state index contributed by atoms with van der Waals surface area (Å²) in [7, 11) is 1.74. The second-order valence-electron chi connectivity index (χ2n) is 2.91. The zero-order valence-electron chi connectivity index (χ0n) is 7.74. The first kappa shape index (κ1) is 8.83. The summed E-state index contributed by atoms with van der Waals surface area (Å²) in [5.41, 5.74) is 1.90. The number of fused-ring (bicyclic) bond motifs is 1. The number of H-pyrrole nitrogens is 1. The van der Waals surface area contributed by atoms with Crippen molar-refractivity contribution in [3.05, 3.63) is 24.2 Å². The van der Waals surface area contributed by atoms with E-state index in [1.54, 1.807) is 19.3 Å². The van der Waals surface area contributed by atoms with Gasteiger partial charge in [0.2, 0.25) is 0 Å². The number of rotatable bonds is 3. The van der Waals surface area contributed by atoms with Gasteiger partial charge in [-0.25, -0.2) is 9.97 Å². The average Bonchev–Trinajstić information content (AvgIpc) is 2.65. The quantitative estimate of drug-likeness (QED) is 0.685. The lowest BCUT2D eigenvalue weighted by atomic mass is 10.1. The van der Waals surface area contributed by atoms with Gasteiger partial charge in [-0.2, -0.15) is 0 Å². The van der Waals surface area contributed by atoms with Crippen LogP contribution in [0, 0.1) is 0 Å². The first-order chi connectivity index (χ1) is 6.83. The molecule has 0 unspecified atom stereocenters. The Bertz CT molecular complexity index is 463. The van der Waals surface area contributed by atoms with Gasteiger partial charge in [-0.1, -0.05) is 0 Å². The van der Waals surface area contributed by atoms with Gasteiger partial charge in [-0.15, -0.1) is 0 Å². The van der Waals surface area contributed by atoms with Crippen LogP contribution in [-0.2, 0) is 0 Å². The van der Waals surface area contributed by atoms with Crippen LogP contribution < -0.4 is 5.32 Å². The lowest BCUT2D eigenvalue weighted by molar-refractivity contribution is 0.0995. The van der Waals surface area contributed by atoms with Gasteiger partial charge in [-0.3, -0.25) is 4.79 Å². The summed E-state index contributed by atoms with van der Waals surface area (Å²) in [6.07, 6.45) is 3.12. The maximum absolute atomic E-state index is 11.6. The molecule has 5 nitrogen and oxygen atoms in total. The van der Waals surface area contributed by atoms with Gasteiger partial charge in [0.15, 0.2) is 11.4 Å². The second kappa shape index (κ2) is 3.55. The molecule has 2 N–H and O–H groups in total. The maximum Gasteiger partial charge on any atom is 0.178 e. The molecule has 2 aromatic rings. The number of Topliss-reactive ketones (excluding diaryl/α,β-unsaturated/α-hetero) is 1. The molecule has 0 radical (unpaired) electrons. The fourth-order valence-electron chi connectivity index (χ4n) is 1.34. The number of nitrogens with zero attached hydrogens (tertiary/aromatic N) is 2. The van der Waals surface area contributed by atoms with Crippen molar-refractivity contribution in [3.63, 3.8) is 0 Å². The molecule has 14 heavy (non-hydrogen) atoms. The molecule has 72 valence electrons. The molecule has 0 bridgehead atoms. The molecule has 0 fully saturated rings. The lowest BCUT2D eigenvalue weighted by Crippen LogP contribution is -2.18. The molecule has 0 saturated heterocycles. The van der Waals surface area contributed by atoms with Crippen LogP contribution in [0.25, 0.3) is 11.2 Å². The van der Waals surface area contributed by atoms with E-state index in [1.165, 1.54) is 6.33 Å². The number of hydrogen-bond donors (Lipinski definition) is 2. The van der Waals surface area contributed by atoms with Crippen LogP contribution in [0.1, 0.15) is 10.4 Å². The van der Waals surface area contributed by atoms with E-state index in [-0.39, 0.29) is 5.78 Å². The molecule has 0 aliphatic carbocycles. The van der Waals surface area contributed by atoms with Crippen LogP contribution in [0.4, 0.5) is 0 Å². The van der Waals surface area contributed by atoms with Gasteiger partial charge in [0.25, 0.3) is 0 Å². The molecular formula is C9H10N4O. The number of nitrogens with one attached hydrogen (secondary N) is 2. The van der Waals surface area contributed by atoms with E-state index >= 15 is 0 Å². The third kappa shape index (κ3) is 1.38.